The van der Waals surface area contributed by atoms with Gasteiger partial charge in [0.1, 0.15) is 17.3 Å². The maximum atomic E-state index is 12.8. The molecule has 27 heavy (non-hydrogen) atoms. The molecule has 0 radical (unpaired) electrons. The van der Waals surface area contributed by atoms with Gasteiger partial charge in [-0.05, 0) is 67.4 Å². The zero-order valence-corrected chi connectivity index (χ0v) is 16.2. The number of allylic oxidation sites excluding steroid dienone is 4. The number of Topliss-reactive ketones (excluding diaryl/α,β-unsaturated/α-hetero) is 1. The lowest BCUT2D eigenvalue weighted by Gasteiger charge is -2.42. The van der Waals surface area contributed by atoms with Crippen molar-refractivity contribution in [3.8, 4) is 0 Å². The van der Waals surface area contributed by atoms with Crippen LogP contribution < -0.4 is 0 Å². The third kappa shape index (κ3) is 3.47. The van der Waals surface area contributed by atoms with Gasteiger partial charge < -0.3 is 8.83 Å². The van der Waals surface area contributed by atoms with Gasteiger partial charge in [0.15, 0.2) is 0 Å². The van der Waals surface area contributed by atoms with Crippen molar-refractivity contribution in [1.29, 1.82) is 0 Å². The lowest BCUT2D eigenvalue weighted by atomic mass is 9.60. The normalized spacial score (nSPS) is 30.2. The van der Waals surface area contributed by atoms with E-state index in [1.807, 2.05) is 24.3 Å². The lowest BCUT2D eigenvalue weighted by Crippen LogP contribution is -2.40. The Balaban J connectivity index is 1.47. The predicted molar refractivity (Wildman–Crippen MR) is 105 cm³/mol. The van der Waals surface area contributed by atoms with Gasteiger partial charge in [0.25, 0.3) is 0 Å². The Hall–Kier alpha value is -2.29. The second kappa shape index (κ2) is 7.03. The van der Waals surface area contributed by atoms with E-state index in [4.69, 9.17) is 8.83 Å². The molecule has 0 aromatic carbocycles. The summed E-state index contributed by atoms with van der Waals surface area (Å²) in [5.74, 6) is 2.79. The first-order valence-electron chi connectivity index (χ1n) is 9.98. The maximum Gasteiger partial charge on any atom is 0.142 e. The quantitative estimate of drug-likeness (QED) is 0.612. The first-order chi connectivity index (χ1) is 13.0. The third-order valence-corrected chi connectivity index (χ3v) is 6.59. The second-order valence-electron chi connectivity index (χ2n) is 8.57. The van der Waals surface area contributed by atoms with Crippen LogP contribution in [0.2, 0.25) is 0 Å². The van der Waals surface area contributed by atoms with Crippen LogP contribution in [0, 0.1) is 16.7 Å². The van der Waals surface area contributed by atoms with Crippen LogP contribution in [0.3, 0.4) is 0 Å². The summed E-state index contributed by atoms with van der Waals surface area (Å²) in [6.45, 7) is 4.46. The number of ketones is 1. The second-order valence-corrected chi connectivity index (χ2v) is 8.57. The molecular weight excluding hydrogens is 336 g/mol. The molecule has 1 fully saturated rings. The molecule has 142 valence electrons. The van der Waals surface area contributed by atoms with E-state index in [0.717, 1.165) is 43.6 Å². The molecule has 0 spiro atoms. The molecule has 2 aromatic heterocycles. The summed E-state index contributed by atoms with van der Waals surface area (Å²) < 4.78 is 10.9. The molecule has 3 unspecified atom stereocenters. The smallest absolute Gasteiger partial charge is 0.142 e. The molecule has 2 aliphatic rings. The van der Waals surface area contributed by atoms with E-state index < -0.39 is 0 Å². The summed E-state index contributed by atoms with van der Waals surface area (Å²) in [6, 6.07) is 7.90. The SMILES string of the molecule is CC12C=C(/C=C/CCc3ccco3)C(C)(C1)C(CCc1ccco1)CC2=O. The molecule has 0 aliphatic heterocycles. The van der Waals surface area contributed by atoms with E-state index in [1.54, 1.807) is 12.5 Å². The van der Waals surface area contributed by atoms with Crippen LogP contribution in [0.15, 0.2) is 69.4 Å². The Kier molecular flexibility index (Phi) is 4.71. The molecule has 0 amide bonds. The fourth-order valence-corrected chi connectivity index (χ4v) is 4.99. The zero-order valence-electron chi connectivity index (χ0n) is 16.2. The Bertz CT molecular complexity index is 840. The number of carbonyl (C=O) groups excluding carboxylic acids is 1. The van der Waals surface area contributed by atoms with Gasteiger partial charge in [-0.2, -0.15) is 0 Å². The Morgan fingerprint density at radius 2 is 1.81 bits per heavy atom. The number of fused-ring (bicyclic) bond motifs is 2. The number of furan rings is 2. The Morgan fingerprint density at radius 3 is 2.48 bits per heavy atom. The molecule has 3 heteroatoms. The fraction of sp³-hybridized carbons (Fsp3) is 0.458. The summed E-state index contributed by atoms with van der Waals surface area (Å²) in [5, 5.41) is 0. The first-order valence-corrected chi connectivity index (χ1v) is 9.98. The van der Waals surface area contributed by atoms with Gasteiger partial charge in [-0.1, -0.05) is 25.2 Å². The number of carbonyl (C=O) groups is 1. The molecule has 4 rings (SSSR count). The molecule has 3 nitrogen and oxygen atoms in total. The summed E-state index contributed by atoms with van der Waals surface area (Å²) in [4.78, 5) is 12.8. The van der Waals surface area contributed by atoms with Crippen LogP contribution in [-0.4, -0.2) is 5.78 Å². The zero-order chi connectivity index (χ0) is 18.9. The molecular formula is C24H28O3. The Labute approximate surface area is 161 Å². The van der Waals surface area contributed by atoms with Gasteiger partial charge in [0, 0.05) is 24.7 Å². The van der Waals surface area contributed by atoms with E-state index in [9.17, 15) is 4.79 Å². The van der Waals surface area contributed by atoms with E-state index in [0.29, 0.717) is 18.1 Å². The van der Waals surface area contributed by atoms with Crippen molar-refractivity contribution in [2.75, 3.05) is 0 Å². The number of hydrogen-bond donors (Lipinski definition) is 0. The minimum atomic E-state index is -0.295. The number of aryl methyl sites for hydroxylation is 2. The van der Waals surface area contributed by atoms with Crippen LogP contribution in [0.4, 0.5) is 0 Å². The Morgan fingerprint density at radius 1 is 1.11 bits per heavy atom. The van der Waals surface area contributed by atoms with Gasteiger partial charge >= 0.3 is 0 Å². The van der Waals surface area contributed by atoms with Crippen molar-refractivity contribution in [2.45, 2.75) is 52.4 Å². The largest absolute Gasteiger partial charge is 0.469 e. The van der Waals surface area contributed by atoms with Gasteiger partial charge in [0.05, 0.1) is 12.5 Å². The molecule has 0 N–H and O–H groups in total. The highest BCUT2D eigenvalue weighted by Crippen LogP contribution is 2.59. The monoisotopic (exact) mass is 364 g/mol. The predicted octanol–water partition coefficient (Wildman–Crippen LogP) is 5.93. The van der Waals surface area contributed by atoms with Crippen LogP contribution >= 0.6 is 0 Å². The topological polar surface area (TPSA) is 43.4 Å². The third-order valence-electron chi connectivity index (χ3n) is 6.59. The van der Waals surface area contributed by atoms with Gasteiger partial charge in [-0.3, -0.25) is 4.79 Å². The molecule has 2 aliphatic carbocycles. The highest BCUT2D eigenvalue weighted by atomic mass is 16.3. The van der Waals surface area contributed by atoms with Gasteiger partial charge in [-0.25, -0.2) is 0 Å². The molecule has 3 atom stereocenters. The van der Waals surface area contributed by atoms with Gasteiger partial charge in [0.2, 0.25) is 0 Å². The van der Waals surface area contributed by atoms with E-state index in [1.165, 1.54) is 5.57 Å². The summed E-state index contributed by atoms with van der Waals surface area (Å²) in [7, 11) is 0. The van der Waals surface area contributed by atoms with Crippen molar-refractivity contribution < 1.29 is 13.6 Å². The highest BCUT2D eigenvalue weighted by Gasteiger charge is 2.54. The van der Waals surface area contributed by atoms with Crippen LogP contribution in [0.25, 0.3) is 0 Å². The molecule has 2 aromatic rings. The fourth-order valence-electron chi connectivity index (χ4n) is 4.99. The standard InChI is InChI=1S/C24H28O3/c1-23-16-19(7-3-4-8-20-9-5-13-26-20)24(2,17-23)18(15-22(23)25)11-12-21-10-6-14-27-21/h3,5-7,9-10,13-14,16,18H,4,8,11-12,15,17H2,1-2H3/b7-3+. The molecule has 2 heterocycles. The van der Waals surface area contributed by atoms with Crippen LogP contribution in [0.5, 0.6) is 0 Å². The van der Waals surface area contributed by atoms with Crippen molar-refractivity contribution in [1.82, 2.24) is 0 Å². The highest BCUT2D eigenvalue weighted by molar-refractivity contribution is 5.89. The first kappa shape index (κ1) is 18.1. The summed E-state index contributed by atoms with van der Waals surface area (Å²) in [5.41, 5.74) is 1.10. The van der Waals surface area contributed by atoms with Gasteiger partial charge in [-0.15, -0.1) is 0 Å². The lowest BCUT2D eigenvalue weighted by molar-refractivity contribution is -0.131. The molecule has 0 saturated heterocycles. The maximum absolute atomic E-state index is 12.8. The van der Waals surface area contributed by atoms with E-state index >= 15 is 0 Å². The summed E-state index contributed by atoms with van der Waals surface area (Å²) >= 11 is 0. The average molecular weight is 364 g/mol. The van der Waals surface area contributed by atoms with E-state index in [2.05, 4.69) is 32.1 Å². The average Bonchev–Trinajstić information content (AvgIpc) is 3.36. The van der Waals surface area contributed by atoms with Crippen molar-refractivity contribution >= 4 is 5.78 Å². The van der Waals surface area contributed by atoms with Crippen LogP contribution in [-0.2, 0) is 17.6 Å². The molecule has 2 bridgehead atoms. The minimum absolute atomic E-state index is 0.0659. The van der Waals surface area contributed by atoms with Crippen molar-refractivity contribution in [2.24, 2.45) is 16.7 Å². The van der Waals surface area contributed by atoms with Crippen LogP contribution in [0.1, 0.15) is 51.1 Å². The summed E-state index contributed by atoms with van der Waals surface area (Å²) in [6.07, 6.45) is 15.5. The number of hydrogen-bond acceptors (Lipinski definition) is 3. The van der Waals surface area contributed by atoms with Crippen molar-refractivity contribution in [3.05, 3.63) is 72.1 Å². The number of rotatable bonds is 7. The molecule has 1 saturated carbocycles. The minimum Gasteiger partial charge on any atom is -0.469 e. The van der Waals surface area contributed by atoms with E-state index in [-0.39, 0.29) is 10.8 Å². The van der Waals surface area contributed by atoms with Crippen molar-refractivity contribution in [3.63, 3.8) is 0 Å².